The second-order valence-electron chi connectivity index (χ2n) is 4.64. The average molecular weight is 225 g/mol. The molecule has 0 bridgehead atoms. The molecule has 0 saturated heterocycles. The van der Waals surface area contributed by atoms with Gasteiger partial charge in [-0.05, 0) is 31.8 Å². The Morgan fingerprint density at radius 2 is 1.87 bits per heavy atom. The Labute approximate surface area is 96.2 Å². The van der Waals surface area contributed by atoms with Crippen molar-refractivity contribution >= 4 is 17.9 Å². The van der Waals surface area contributed by atoms with Crippen LogP contribution in [0.25, 0.3) is 0 Å². The van der Waals surface area contributed by atoms with E-state index in [2.05, 4.69) is 6.08 Å². The van der Waals surface area contributed by atoms with Gasteiger partial charge in [0.1, 0.15) is 6.29 Å². The highest BCUT2D eigenvalue weighted by atomic mass is 35.5. The van der Waals surface area contributed by atoms with Crippen molar-refractivity contribution in [3.8, 4) is 0 Å². The van der Waals surface area contributed by atoms with Gasteiger partial charge < -0.3 is 4.79 Å². The van der Waals surface area contributed by atoms with Crippen LogP contribution in [0.1, 0.15) is 44.9 Å². The number of allylic oxidation sites excluding steroid dienone is 4. The van der Waals surface area contributed by atoms with E-state index in [-0.39, 0.29) is 5.41 Å². The summed E-state index contributed by atoms with van der Waals surface area (Å²) >= 11 is 5.94. The Hall–Kier alpha value is -0.560. The van der Waals surface area contributed by atoms with Crippen LogP contribution in [-0.4, -0.2) is 6.29 Å². The molecule has 0 heterocycles. The predicted octanol–water partition coefficient (Wildman–Crippen LogP) is 3.98. The van der Waals surface area contributed by atoms with Gasteiger partial charge in [0.05, 0.1) is 0 Å². The van der Waals surface area contributed by atoms with E-state index in [1.165, 1.54) is 31.1 Å². The Morgan fingerprint density at radius 1 is 1.13 bits per heavy atom. The van der Waals surface area contributed by atoms with Crippen LogP contribution in [0.4, 0.5) is 0 Å². The van der Waals surface area contributed by atoms with Crippen molar-refractivity contribution in [1.82, 2.24) is 0 Å². The fourth-order valence-corrected chi connectivity index (χ4v) is 2.88. The SMILES string of the molecule is O=CC1(C2=CC=C(Cl)CC2)CCCCC1. The van der Waals surface area contributed by atoms with E-state index in [0.29, 0.717) is 0 Å². The Bertz CT molecular complexity index is 308. The van der Waals surface area contributed by atoms with Crippen molar-refractivity contribution in [2.75, 3.05) is 0 Å². The first kappa shape index (κ1) is 10.9. The van der Waals surface area contributed by atoms with Crippen molar-refractivity contribution in [3.05, 3.63) is 22.8 Å². The van der Waals surface area contributed by atoms with E-state index in [1.54, 1.807) is 0 Å². The number of rotatable bonds is 2. The number of hydrogen-bond donors (Lipinski definition) is 0. The van der Waals surface area contributed by atoms with E-state index in [0.717, 1.165) is 30.7 Å². The van der Waals surface area contributed by atoms with Crippen molar-refractivity contribution in [2.24, 2.45) is 5.41 Å². The number of aldehydes is 1. The summed E-state index contributed by atoms with van der Waals surface area (Å²) in [7, 11) is 0. The van der Waals surface area contributed by atoms with E-state index < -0.39 is 0 Å². The summed E-state index contributed by atoms with van der Waals surface area (Å²) in [6.07, 6.45) is 12.8. The first-order chi connectivity index (χ1) is 7.27. The Kier molecular flexibility index (Phi) is 3.30. The summed E-state index contributed by atoms with van der Waals surface area (Å²) < 4.78 is 0. The van der Waals surface area contributed by atoms with E-state index in [9.17, 15) is 4.79 Å². The zero-order valence-electron chi connectivity index (χ0n) is 8.97. The molecule has 1 saturated carbocycles. The van der Waals surface area contributed by atoms with E-state index >= 15 is 0 Å². The predicted molar refractivity (Wildman–Crippen MR) is 62.8 cm³/mol. The Balaban J connectivity index is 2.22. The van der Waals surface area contributed by atoms with Crippen molar-refractivity contribution in [3.63, 3.8) is 0 Å². The van der Waals surface area contributed by atoms with Gasteiger partial charge in [-0.15, -0.1) is 0 Å². The maximum absolute atomic E-state index is 11.4. The number of carbonyl (C=O) groups excluding carboxylic acids is 1. The van der Waals surface area contributed by atoms with Crippen LogP contribution in [0.2, 0.25) is 0 Å². The van der Waals surface area contributed by atoms with Crippen LogP contribution in [0.5, 0.6) is 0 Å². The van der Waals surface area contributed by atoms with Crippen LogP contribution < -0.4 is 0 Å². The van der Waals surface area contributed by atoms with Crippen LogP contribution in [0, 0.1) is 5.41 Å². The Morgan fingerprint density at radius 3 is 2.40 bits per heavy atom. The summed E-state index contributed by atoms with van der Waals surface area (Å²) in [5, 5.41) is 0.913. The molecule has 0 unspecified atom stereocenters. The maximum atomic E-state index is 11.4. The molecule has 82 valence electrons. The second-order valence-corrected chi connectivity index (χ2v) is 5.13. The molecule has 0 aromatic rings. The minimum absolute atomic E-state index is 0.146. The molecule has 0 amide bonds. The smallest absolute Gasteiger partial charge is 0.130 e. The van der Waals surface area contributed by atoms with E-state index in [4.69, 9.17) is 11.6 Å². The first-order valence-electron chi connectivity index (χ1n) is 5.79. The van der Waals surface area contributed by atoms with Gasteiger partial charge in [-0.25, -0.2) is 0 Å². The van der Waals surface area contributed by atoms with Gasteiger partial charge in [-0.2, -0.15) is 0 Å². The molecule has 1 nitrogen and oxygen atoms in total. The molecule has 0 aromatic carbocycles. The zero-order valence-corrected chi connectivity index (χ0v) is 9.72. The van der Waals surface area contributed by atoms with E-state index in [1.807, 2.05) is 6.08 Å². The van der Waals surface area contributed by atoms with Crippen LogP contribution in [0.3, 0.4) is 0 Å². The quantitative estimate of drug-likeness (QED) is 0.649. The minimum atomic E-state index is -0.146. The van der Waals surface area contributed by atoms with Crippen LogP contribution >= 0.6 is 11.6 Å². The van der Waals surface area contributed by atoms with Gasteiger partial charge in [0, 0.05) is 10.4 Å². The largest absolute Gasteiger partial charge is 0.302 e. The molecule has 2 rings (SSSR count). The van der Waals surface area contributed by atoms with Crippen LogP contribution in [-0.2, 0) is 4.79 Å². The molecule has 0 spiro atoms. The standard InChI is InChI=1S/C13H17ClO/c14-12-6-4-11(5-7-12)13(10-15)8-2-1-3-9-13/h4,6,10H,1-3,5,7-9H2. The van der Waals surface area contributed by atoms with Gasteiger partial charge in [0.15, 0.2) is 0 Å². The molecular weight excluding hydrogens is 208 g/mol. The van der Waals surface area contributed by atoms with Gasteiger partial charge in [0.25, 0.3) is 0 Å². The third-order valence-electron chi connectivity index (χ3n) is 3.71. The van der Waals surface area contributed by atoms with Gasteiger partial charge in [0.2, 0.25) is 0 Å². The molecule has 0 radical (unpaired) electrons. The molecule has 2 aliphatic rings. The van der Waals surface area contributed by atoms with Gasteiger partial charge >= 0.3 is 0 Å². The highest BCUT2D eigenvalue weighted by Gasteiger charge is 2.35. The second kappa shape index (κ2) is 4.52. The number of hydrogen-bond acceptors (Lipinski definition) is 1. The monoisotopic (exact) mass is 224 g/mol. The molecule has 0 N–H and O–H groups in total. The number of halogens is 1. The lowest BCUT2D eigenvalue weighted by atomic mass is 9.68. The molecule has 2 heteroatoms. The van der Waals surface area contributed by atoms with Crippen molar-refractivity contribution in [2.45, 2.75) is 44.9 Å². The summed E-state index contributed by atoms with van der Waals surface area (Å²) in [5.41, 5.74) is 1.16. The third kappa shape index (κ3) is 2.17. The highest BCUT2D eigenvalue weighted by molar-refractivity contribution is 6.29. The summed E-state index contributed by atoms with van der Waals surface area (Å²) in [6.45, 7) is 0. The number of carbonyl (C=O) groups is 1. The topological polar surface area (TPSA) is 17.1 Å². The van der Waals surface area contributed by atoms with Gasteiger partial charge in [-0.3, -0.25) is 0 Å². The summed E-state index contributed by atoms with van der Waals surface area (Å²) in [5.74, 6) is 0. The third-order valence-corrected chi connectivity index (χ3v) is 4.02. The maximum Gasteiger partial charge on any atom is 0.130 e. The zero-order chi connectivity index (χ0) is 10.7. The summed E-state index contributed by atoms with van der Waals surface area (Å²) in [4.78, 5) is 11.4. The minimum Gasteiger partial charge on any atom is -0.302 e. The lowest BCUT2D eigenvalue weighted by molar-refractivity contribution is -0.115. The van der Waals surface area contributed by atoms with Crippen molar-refractivity contribution in [1.29, 1.82) is 0 Å². The first-order valence-corrected chi connectivity index (χ1v) is 6.17. The normalized spacial score (nSPS) is 25.4. The molecule has 0 aliphatic heterocycles. The lowest BCUT2D eigenvalue weighted by Gasteiger charge is -2.35. The highest BCUT2D eigenvalue weighted by Crippen LogP contribution is 2.44. The fraction of sp³-hybridized carbons (Fsp3) is 0.615. The molecule has 2 aliphatic carbocycles. The van der Waals surface area contributed by atoms with Crippen molar-refractivity contribution < 1.29 is 4.79 Å². The molecule has 1 fully saturated rings. The molecule has 0 aromatic heterocycles. The molecule has 0 atom stereocenters. The molecule has 15 heavy (non-hydrogen) atoms. The lowest BCUT2D eigenvalue weighted by Crippen LogP contribution is -2.28. The van der Waals surface area contributed by atoms with Crippen LogP contribution in [0.15, 0.2) is 22.8 Å². The summed E-state index contributed by atoms with van der Waals surface area (Å²) in [6, 6.07) is 0. The van der Waals surface area contributed by atoms with Gasteiger partial charge in [-0.1, -0.05) is 42.5 Å². The average Bonchev–Trinajstić information content (AvgIpc) is 2.31. The fourth-order valence-electron chi connectivity index (χ4n) is 2.72. The molecular formula is C13H17ClO.